The Bertz CT molecular complexity index is 1110. The summed E-state index contributed by atoms with van der Waals surface area (Å²) >= 11 is 0. The Morgan fingerprint density at radius 1 is 0.818 bits per heavy atom. The van der Waals surface area contributed by atoms with Gasteiger partial charge in [0.2, 0.25) is 12.7 Å². The van der Waals surface area contributed by atoms with Crippen molar-refractivity contribution in [1.29, 1.82) is 0 Å². The minimum Gasteiger partial charge on any atom is -0.454 e. The van der Waals surface area contributed by atoms with Crippen LogP contribution in [0, 0.1) is 0 Å². The van der Waals surface area contributed by atoms with E-state index in [2.05, 4.69) is 0 Å². The third-order valence-electron chi connectivity index (χ3n) is 6.18. The molecule has 1 fully saturated rings. The van der Waals surface area contributed by atoms with Gasteiger partial charge in [0.15, 0.2) is 11.5 Å². The maximum atomic E-state index is 13.0. The second-order valence-electron chi connectivity index (χ2n) is 8.15. The summed E-state index contributed by atoms with van der Waals surface area (Å²) in [6.07, 6.45) is 0.705. The van der Waals surface area contributed by atoms with Gasteiger partial charge in [-0.2, -0.15) is 0 Å². The van der Waals surface area contributed by atoms with Crippen LogP contribution in [0.2, 0.25) is 0 Å². The Morgan fingerprint density at radius 3 is 2.24 bits per heavy atom. The Hall–Kier alpha value is -3.88. The van der Waals surface area contributed by atoms with Crippen molar-refractivity contribution in [1.82, 2.24) is 14.7 Å². The summed E-state index contributed by atoms with van der Waals surface area (Å²) in [5, 5.41) is 0. The number of amides is 4. The lowest BCUT2D eigenvalue weighted by Crippen LogP contribution is -2.39. The lowest BCUT2D eigenvalue weighted by molar-refractivity contribution is -0.131. The highest BCUT2D eigenvalue weighted by Crippen LogP contribution is 2.33. The molecule has 3 heterocycles. The van der Waals surface area contributed by atoms with E-state index in [-0.39, 0.29) is 43.4 Å². The molecule has 0 aliphatic carbocycles. The fraction of sp³-hybridized carbons (Fsp3) is 0.333. The van der Waals surface area contributed by atoms with E-state index < -0.39 is 0 Å². The number of hydrogen-bond donors (Lipinski definition) is 0. The Kier molecular flexibility index (Phi) is 5.45. The fourth-order valence-corrected chi connectivity index (χ4v) is 4.39. The number of carbonyl (C=O) groups is 4. The van der Waals surface area contributed by atoms with E-state index in [4.69, 9.17) is 9.47 Å². The monoisotopic (exact) mass is 449 g/mol. The molecule has 0 radical (unpaired) electrons. The molecule has 1 saturated heterocycles. The molecule has 0 atom stereocenters. The molecule has 9 nitrogen and oxygen atoms in total. The zero-order valence-electron chi connectivity index (χ0n) is 18.0. The van der Waals surface area contributed by atoms with E-state index in [0.717, 1.165) is 4.90 Å². The number of hydrogen-bond acceptors (Lipinski definition) is 6. The number of benzene rings is 2. The van der Waals surface area contributed by atoms with Gasteiger partial charge in [-0.25, -0.2) is 0 Å². The third-order valence-corrected chi connectivity index (χ3v) is 6.18. The van der Waals surface area contributed by atoms with Crippen LogP contribution >= 0.6 is 0 Å². The summed E-state index contributed by atoms with van der Waals surface area (Å²) in [6.45, 7) is 2.06. The van der Waals surface area contributed by atoms with Gasteiger partial charge in [0.05, 0.1) is 11.1 Å². The van der Waals surface area contributed by atoms with Crippen molar-refractivity contribution < 1.29 is 28.7 Å². The summed E-state index contributed by atoms with van der Waals surface area (Å²) in [6, 6.07) is 11.8. The maximum absolute atomic E-state index is 13.0. The van der Waals surface area contributed by atoms with Crippen LogP contribution < -0.4 is 9.47 Å². The molecule has 0 N–H and O–H groups in total. The van der Waals surface area contributed by atoms with Gasteiger partial charge in [0.25, 0.3) is 17.7 Å². The van der Waals surface area contributed by atoms with E-state index in [1.165, 1.54) is 0 Å². The van der Waals surface area contributed by atoms with Crippen molar-refractivity contribution in [2.75, 3.05) is 39.5 Å². The molecular weight excluding hydrogens is 426 g/mol. The largest absolute Gasteiger partial charge is 0.454 e. The van der Waals surface area contributed by atoms with Gasteiger partial charge in [-0.3, -0.25) is 24.1 Å². The smallest absolute Gasteiger partial charge is 0.261 e. The van der Waals surface area contributed by atoms with Crippen molar-refractivity contribution in [3.05, 3.63) is 59.2 Å². The van der Waals surface area contributed by atoms with Gasteiger partial charge in [-0.1, -0.05) is 12.1 Å². The fourth-order valence-electron chi connectivity index (χ4n) is 4.39. The minimum atomic E-state index is -0.361. The molecule has 0 bridgehead atoms. The van der Waals surface area contributed by atoms with Crippen LogP contribution in [0.25, 0.3) is 0 Å². The summed E-state index contributed by atoms with van der Waals surface area (Å²) < 4.78 is 10.7. The molecule has 2 aromatic carbocycles. The number of ether oxygens (including phenoxy) is 2. The van der Waals surface area contributed by atoms with Crippen LogP contribution in [-0.4, -0.2) is 77.8 Å². The molecule has 3 aliphatic heterocycles. The van der Waals surface area contributed by atoms with Crippen LogP contribution in [-0.2, 0) is 4.79 Å². The number of fused-ring (bicyclic) bond motifs is 2. The molecule has 5 rings (SSSR count). The number of imide groups is 1. The highest BCUT2D eigenvalue weighted by atomic mass is 16.7. The van der Waals surface area contributed by atoms with E-state index in [0.29, 0.717) is 60.8 Å². The first-order chi connectivity index (χ1) is 16.0. The quantitative estimate of drug-likeness (QED) is 0.661. The highest BCUT2D eigenvalue weighted by molar-refractivity contribution is 6.21. The molecule has 0 aromatic heterocycles. The van der Waals surface area contributed by atoms with Gasteiger partial charge in [0.1, 0.15) is 0 Å². The summed E-state index contributed by atoms with van der Waals surface area (Å²) in [5.41, 5.74) is 1.27. The van der Waals surface area contributed by atoms with Gasteiger partial charge in [0, 0.05) is 44.7 Å². The lowest BCUT2D eigenvalue weighted by atomic mass is 10.1. The molecule has 170 valence electrons. The summed E-state index contributed by atoms with van der Waals surface area (Å²) in [4.78, 5) is 55.3. The molecule has 9 heteroatoms. The molecule has 4 amide bonds. The number of carbonyl (C=O) groups excluding carboxylic acids is 4. The van der Waals surface area contributed by atoms with Crippen molar-refractivity contribution >= 4 is 23.6 Å². The number of rotatable bonds is 4. The molecule has 33 heavy (non-hydrogen) atoms. The van der Waals surface area contributed by atoms with Gasteiger partial charge < -0.3 is 19.3 Å². The zero-order valence-corrected chi connectivity index (χ0v) is 18.0. The molecule has 0 spiro atoms. The van der Waals surface area contributed by atoms with Crippen molar-refractivity contribution in [2.24, 2.45) is 0 Å². The second kappa shape index (κ2) is 8.57. The normalized spacial score (nSPS) is 17.3. The summed E-state index contributed by atoms with van der Waals surface area (Å²) in [5.74, 6) is 0.204. The Balaban J connectivity index is 1.17. The van der Waals surface area contributed by atoms with Crippen molar-refractivity contribution in [3.8, 4) is 11.5 Å². The van der Waals surface area contributed by atoms with E-state index >= 15 is 0 Å². The van der Waals surface area contributed by atoms with E-state index in [1.54, 1.807) is 52.3 Å². The molecule has 2 aromatic rings. The minimum absolute atomic E-state index is 0.0432. The molecule has 0 unspecified atom stereocenters. The summed E-state index contributed by atoms with van der Waals surface area (Å²) in [7, 11) is 0. The van der Waals surface area contributed by atoms with Crippen LogP contribution in [0.15, 0.2) is 42.5 Å². The first-order valence-electron chi connectivity index (χ1n) is 10.9. The molecule has 3 aliphatic rings. The highest BCUT2D eigenvalue weighted by Gasteiger charge is 2.35. The maximum Gasteiger partial charge on any atom is 0.261 e. The zero-order chi connectivity index (χ0) is 22.9. The van der Waals surface area contributed by atoms with Crippen LogP contribution in [0.3, 0.4) is 0 Å². The van der Waals surface area contributed by atoms with Crippen molar-refractivity contribution in [3.63, 3.8) is 0 Å². The third kappa shape index (κ3) is 3.90. The van der Waals surface area contributed by atoms with Gasteiger partial charge >= 0.3 is 0 Å². The molecule has 0 saturated carbocycles. The van der Waals surface area contributed by atoms with Gasteiger partial charge in [-0.15, -0.1) is 0 Å². The second-order valence-corrected chi connectivity index (χ2v) is 8.15. The predicted molar refractivity (Wildman–Crippen MR) is 116 cm³/mol. The first-order valence-corrected chi connectivity index (χ1v) is 10.9. The Labute approximate surface area is 190 Å². The average molecular weight is 449 g/mol. The topological polar surface area (TPSA) is 96.5 Å². The first kappa shape index (κ1) is 21.0. The average Bonchev–Trinajstić information content (AvgIpc) is 3.29. The van der Waals surface area contributed by atoms with E-state index in [9.17, 15) is 19.2 Å². The predicted octanol–water partition coefficient (Wildman–Crippen LogP) is 1.78. The van der Waals surface area contributed by atoms with Gasteiger partial charge in [-0.05, 0) is 36.8 Å². The molecular formula is C24H23N3O6. The SMILES string of the molecule is O=C(CCN1C(=O)c2ccccc2C1=O)N1CCCN(C(=O)c2ccc3c(c2)OCO3)CC1. The van der Waals surface area contributed by atoms with Crippen molar-refractivity contribution in [2.45, 2.75) is 12.8 Å². The number of nitrogens with zero attached hydrogens (tertiary/aromatic N) is 3. The Morgan fingerprint density at radius 2 is 1.48 bits per heavy atom. The standard InChI is InChI=1S/C24H23N3O6/c28-21(8-11-27-23(30)17-4-1-2-5-18(17)24(27)31)25-9-3-10-26(13-12-25)22(29)16-6-7-19-20(14-16)33-15-32-19/h1-2,4-7,14H,3,8-13,15H2. The van der Waals surface area contributed by atoms with Crippen LogP contribution in [0.4, 0.5) is 0 Å². The lowest BCUT2D eigenvalue weighted by Gasteiger charge is -2.23. The van der Waals surface area contributed by atoms with E-state index in [1.807, 2.05) is 0 Å². The van der Waals surface area contributed by atoms with Crippen LogP contribution in [0.1, 0.15) is 43.9 Å². The van der Waals surface area contributed by atoms with Crippen LogP contribution in [0.5, 0.6) is 11.5 Å².